The van der Waals surface area contributed by atoms with E-state index in [9.17, 15) is 10.1 Å². The molecule has 7 heteroatoms. The summed E-state index contributed by atoms with van der Waals surface area (Å²) in [6, 6.07) is 10.8. The smallest absolute Gasteiger partial charge is 0.259 e. The molecule has 0 bridgehead atoms. The molecule has 1 aromatic carbocycles. The Morgan fingerprint density at radius 3 is 2.91 bits per heavy atom. The summed E-state index contributed by atoms with van der Waals surface area (Å²) in [4.78, 5) is 20.0. The number of hydrogen-bond donors (Lipinski definition) is 1. The molecule has 2 heterocycles. The van der Waals surface area contributed by atoms with Crippen LogP contribution in [0, 0.1) is 11.3 Å². The van der Waals surface area contributed by atoms with E-state index < -0.39 is 0 Å². The summed E-state index contributed by atoms with van der Waals surface area (Å²) >= 11 is 10.5. The first-order valence-corrected chi connectivity index (χ1v) is 8.12. The van der Waals surface area contributed by atoms with Gasteiger partial charge in [-0.15, -0.1) is 11.3 Å². The first-order chi connectivity index (χ1) is 10.6. The molecule has 0 saturated heterocycles. The lowest BCUT2D eigenvalue weighted by Crippen LogP contribution is -2.11. The molecule has 0 atom stereocenters. The van der Waals surface area contributed by atoms with E-state index in [0.29, 0.717) is 15.2 Å². The maximum absolute atomic E-state index is 12.2. The van der Waals surface area contributed by atoms with Crippen molar-refractivity contribution in [3.8, 4) is 6.07 Å². The van der Waals surface area contributed by atoms with E-state index in [1.165, 1.54) is 11.3 Å². The largest absolute Gasteiger partial charge is 0.305 e. The van der Waals surface area contributed by atoms with Gasteiger partial charge in [0.05, 0.1) is 20.8 Å². The Balaban J connectivity index is 2.16. The van der Waals surface area contributed by atoms with Crippen molar-refractivity contribution in [2.75, 3.05) is 0 Å². The summed E-state index contributed by atoms with van der Waals surface area (Å²) < 4.78 is 1.43. The van der Waals surface area contributed by atoms with E-state index in [0.717, 1.165) is 9.35 Å². The third-order valence-electron chi connectivity index (χ3n) is 2.92. The minimum atomic E-state index is -0.285. The van der Waals surface area contributed by atoms with Crippen molar-refractivity contribution in [2.24, 2.45) is 0 Å². The molecule has 0 aliphatic rings. The highest BCUT2D eigenvalue weighted by Crippen LogP contribution is 2.25. The van der Waals surface area contributed by atoms with Gasteiger partial charge >= 0.3 is 0 Å². The summed E-state index contributed by atoms with van der Waals surface area (Å²) in [6.07, 6.45) is 1.65. The van der Waals surface area contributed by atoms with Crippen LogP contribution in [-0.2, 0) is 0 Å². The SMILES string of the molecule is N#CC(=Cc1ccc(Cl)s1)c1nc2ccc(Br)cc2c(=O)[nH]1. The van der Waals surface area contributed by atoms with Crippen molar-refractivity contribution in [1.82, 2.24) is 9.97 Å². The number of halogens is 2. The first kappa shape index (κ1) is 15.0. The van der Waals surface area contributed by atoms with Crippen LogP contribution in [-0.4, -0.2) is 9.97 Å². The van der Waals surface area contributed by atoms with Gasteiger partial charge in [-0.1, -0.05) is 27.5 Å². The maximum Gasteiger partial charge on any atom is 0.259 e. The fourth-order valence-corrected chi connectivity index (χ4v) is 3.31. The molecule has 3 rings (SSSR count). The third kappa shape index (κ3) is 2.97. The number of rotatable bonds is 2. The van der Waals surface area contributed by atoms with Crippen LogP contribution in [0.1, 0.15) is 10.7 Å². The van der Waals surface area contributed by atoms with Crippen LogP contribution in [0.15, 0.2) is 39.6 Å². The standard InChI is InChI=1S/C15H7BrClN3OS/c16-9-1-3-12-11(6-9)15(21)20-14(19-12)8(7-18)5-10-2-4-13(17)22-10/h1-6H,(H,19,20,21). The Bertz CT molecular complexity index is 1000. The topological polar surface area (TPSA) is 69.5 Å². The van der Waals surface area contributed by atoms with Gasteiger partial charge in [0.15, 0.2) is 5.82 Å². The average Bonchev–Trinajstić information content (AvgIpc) is 2.90. The van der Waals surface area contributed by atoms with Gasteiger partial charge in [-0.2, -0.15) is 5.26 Å². The Labute approximate surface area is 142 Å². The molecule has 0 radical (unpaired) electrons. The fourth-order valence-electron chi connectivity index (χ4n) is 1.94. The monoisotopic (exact) mass is 391 g/mol. The number of fused-ring (bicyclic) bond motifs is 1. The Hall–Kier alpha value is -1.94. The van der Waals surface area contributed by atoms with Crippen LogP contribution in [0.5, 0.6) is 0 Å². The zero-order chi connectivity index (χ0) is 15.7. The minimum absolute atomic E-state index is 0.242. The summed E-state index contributed by atoms with van der Waals surface area (Å²) in [5.74, 6) is 0.242. The predicted molar refractivity (Wildman–Crippen MR) is 92.9 cm³/mol. The van der Waals surface area contributed by atoms with E-state index in [2.05, 4.69) is 32.0 Å². The lowest BCUT2D eigenvalue weighted by molar-refractivity contribution is 1.13. The van der Waals surface area contributed by atoms with E-state index >= 15 is 0 Å². The predicted octanol–water partition coefficient (Wildman–Crippen LogP) is 4.46. The number of benzene rings is 1. The van der Waals surface area contributed by atoms with Crippen LogP contribution in [0.4, 0.5) is 0 Å². The Morgan fingerprint density at radius 2 is 2.23 bits per heavy atom. The zero-order valence-electron chi connectivity index (χ0n) is 10.9. The van der Waals surface area contributed by atoms with Crippen molar-refractivity contribution in [3.63, 3.8) is 0 Å². The molecular weight excluding hydrogens is 386 g/mol. The summed E-state index contributed by atoms with van der Waals surface area (Å²) in [6.45, 7) is 0. The third-order valence-corrected chi connectivity index (χ3v) is 4.59. The highest BCUT2D eigenvalue weighted by Gasteiger charge is 2.09. The van der Waals surface area contributed by atoms with Crippen LogP contribution in [0.2, 0.25) is 4.34 Å². The first-order valence-electron chi connectivity index (χ1n) is 6.14. The second-order valence-corrected chi connectivity index (χ2v) is 7.05. The molecule has 1 N–H and O–H groups in total. The van der Waals surface area contributed by atoms with E-state index in [1.807, 2.05) is 0 Å². The molecule has 0 aliphatic carbocycles. The fraction of sp³-hybridized carbons (Fsp3) is 0. The lowest BCUT2D eigenvalue weighted by atomic mass is 10.2. The second kappa shape index (κ2) is 6.05. The number of nitriles is 1. The highest BCUT2D eigenvalue weighted by molar-refractivity contribution is 9.10. The molecule has 4 nitrogen and oxygen atoms in total. The van der Waals surface area contributed by atoms with E-state index in [-0.39, 0.29) is 17.0 Å². The quantitative estimate of drug-likeness (QED) is 0.654. The molecule has 0 unspecified atom stereocenters. The van der Waals surface area contributed by atoms with Crippen molar-refractivity contribution in [1.29, 1.82) is 5.26 Å². The van der Waals surface area contributed by atoms with E-state index in [1.54, 1.807) is 36.4 Å². The normalized spacial score (nSPS) is 11.6. The number of allylic oxidation sites excluding steroid dienone is 1. The highest BCUT2D eigenvalue weighted by atomic mass is 79.9. The van der Waals surface area contributed by atoms with Gasteiger partial charge in [-0.25, -0.2) is 4.98 Å². The number of nitrogens with one attached hydrogen (secondary N) is 1. The van der Waals surface area contributed by atoms with Crippen LogP contribution in [0.25, 0.3) is 22.6 Å². The van der Waals surface area contributed by atoms with Crippen LogP contribution < -0.4 is 5.56 Å². The molecular formula is C15H7BrClN3OS. The molecule has 0 amide bonds. The zero-order valence-corrected chi connectivity index (χ0v) is 14.1. The summed E-state index contributed by atoms with van der Waals surface area (Å²) in [5.41, 5.74) is 0.527. The number of hydrogen-bond acceptors (Lipinski definition) is 4. The van der Waals surface area contributed by atoms with Gasteiger partial charge in [-0.05, 0) is 36.4 Å². The van der Waals surface area contributed by atoms with Gasteiger partial charge in [0.1, 0.15) is 6.07 Å². The average molecular weight is 393 g/mol. The van der Waals surface area contributed by atoms with Gasteiger partial charge in [0.2, 0.25) is 0 Å². The Morgan fingerprint density at radius 1 is 1.41 bits per heavy atom. The number of aromatic amines is 1. The number of nitrogens with zero attached hydrogens (tertiary/aromatic N) is 2. The summed E-state index contributed by atoms with van der Waals surface area (Å²) in [7, 11) is 0. The molecule has 108 valence electrons. The maximum atomic E-state index is 12.2. The van der Waals surface area contributed by atoms with Crippen LogP contribution >= 0.6 is 38.9 Å². The van der Waals surface area contributed by atoms with Crippen molar-refractivity contribution < 1.29 is 0 Å². The molecule has 2 aromatic heterocycles. The van der Waals surface area contributed by atoms with Gasteiger partial charge in [0, 0.05) is 9.35 Å². The van der Waals surface area contributed by atoms with Gasteiger partial charge in [0.25, 0.3) is 5.56 Å². The molecule has 22 heavy (non-hydrogen) atoms. The molecule has 0 aliphatic heterocycles. The minimum Gasteiger partial charge on any atom is -0.305 e. The Kier molecular flexibility index (Phi) is 4.12. The van der Waals surface area contributed by atoms with Crippen molar-refractivity contribution in [3.05, 3.63) is 60.2 Å². The number of thiophene rings is 1. The van der Waals surface area contributed by atoms with E-state index in [4.69, 9.17) is 11.6 Å². The number of H-pyrrole nitrogens is 1. The molecule has 0 spiro atoms. The summed E-state index contributed by atoms with van der Waals surface area (Å²) in [5, 5.41) is 9.81. The number of aromatic nitrogens is 2. The van der Waals surface area contributed by atoms with Crippen molar-refractivity contribution in [2.45, 2.75) is 0 Å². The molecule has 0 saturated carbocycles. The van der Waals surface area contributed by atoms with Crippen molar-refractivity contribution >= 4 is 61.4 Å². The van der Waals surface area contributed by atoms with Gasteiger partial charge < -0.3 is 4.98 Å². The lowest BCUT2D eigenvalue weighted by Gasteiger charge is -2.02. The van der Waals surface area contributed by atoms with Gasteiger partial charge in [-0.3, -0.25) is 4.79 Å². The molecule has 3 aromatic rings. The molecule has 0 fully saturated rings. The second-order valence-electron chi connectivity index (χ2n) is 4.39. The van der Waals surface area contributed by atoms with Crippen LogP contribution in [0.3, 0.4) is 0 Å².